The predicted octanol–water partition coefficient (Wildman–Crippen LogP) is 4.00. The Bertz CT molecular complexity index is 1370. The molecular formula is C21H19N3O4S2. The highest BCUT2D eigenvalue weighted by atomic mass is 32.2. The van der Waals surface area contributed by atoms with Crippen molar-refractivity contribution >= 4 is 33.1 Å². The van der Waals surface area contributed by atoms with Crippen LogP contribution in [-0.2, 0) is 15.8 Å². The fourth-order valence-corrected chi connectivity index (χ4v) is 4.94. The number of para-hydroxylation sites is 1. The lowest BCUT2D eigenvalue weighted by atomic mass is 10.2. The highest BCUT2D eigenvalue weighted by Crippen LogP contribution is 2.31. The number of hydrogen-bond acceptors (Lipinski definition) is 6. The second-order valence-electron chi connectivity index (χ2n) is 6.79. The molecule has 4 rings (SSSR count). The third kappa shape index (κ3) is 4.27. The minimum Gasteiger partial charge on any atom is -0.375 e. The Kier molecular flexibility index (Phi) is 5.40. The van der Waals surface area contributed by atoms with Crippen molar-refractivity contribution in [3.8, 4) is 0 Å². The van der Waals surface area contributed by atoms with Crippen LogP contribution in [0.2, 0.25) is 0 Å². The standard InChI is InChI=1S/C21H19N3O4S2/c1-14-7-9-17(10-8-14)30(26,27)23-18-5-3-4-6-19(18)29-13-16-12-21(25)24-20(22-16)11-15(2)28-24/h3-12,23H,13H2,1-2H3. The first-order valence-corrected chi connectivity index (χ1v) is 11.6. The van der Waals surface area contributed by atoms with E-state index in [9.17, 15) is 13.2 Å². The zero-order valence-corrected chi connectivity index (χ0v) is 18.0. The zero-order valence-electron chi connectivity index (χ0n) is 16.3. The van der Waals surface area contributed by atoms with Gasteiger partial charge in [-0.1, -0.05) is 29.8 Å². The van der Waals surface area contributed by atoms with E-state index >= 15 is 0 Å². The molecule has 0 aliphatic rings. The van der Waals surface area contributed by atoms with Crippen molar-refractivity contribution in [2.24, 2.45) is 0 Å². The van der Waals surface area contributed by atoms with Crippen molar-refractivity contribution in [2.45, 2.75) is 29.4 Å². The summed E-state index contributed by atoms with van der Waals surface area (Å²) in [6.07, 6.45) is 0. The Labute approximate surface area is 177 Å². The number of anilines is 1. The maximum Gasteiger partial charge on any atom is 0.287 e. The molecule has 0 amide bonds. The minimum absolute atomic E-state index is 0.198. The lowest BCUT2D eigenvalue weighted by Crippen LogP contribution is -2.14. The molecule has 0 radical (unpaired) electrons. The van der Waals surface area contributed by atoms with Crippen LogP contribution in [-0.4, -0.2) is 18.0 Å². The van der Waals surface area contributed by atoms with Crippen LogP contribution in [0.1, 0.15) is 17.0 Å². The lowest BCUT2D eigenvalue weighted by Gasteiger charge is -2.12. The van der Waals surface area contributed by atoms with E-state index in [4.69, 9.17) is 4.52 Å². The molecule has 0 aliphatic heterocycles. The maximum absolute atomic E-state index is 12.7. The summed E-state index contributed by atoms with van der Waals surface area (Å²) in [4.78, 5) is 17.6. The molecule has 7 nitrogen and oxygen atoms in total. The van der Waals surface area contributed by atoms with Gasteiger partial charge in [0, 0.05) is 22.8 Å². The van der Waals surface area contributed by atoms with Crippen molar-refractivity contribution in [3.63, 3.8) is 0 Å². The van der Waals surface area contributed by atoms with E-state index in [1.807, 2.05) is 19.1 Å². The molecule has 2 aromatic heterocycles. The second-order valence-corrected chi connectivity index (χ2v) is 9.49. The van der Waals surface area contributed by atoms with Crippen LogP contribution in [0.25, 0.3) is 5.65 Å². The molecule has 30 heavy (non-hydrogen) atoms. The van der Waals surface area contributed by atoms with Gasteiger partial charge < -0.3 is 4.52 Å². The molecule has 0 saturated heterocycles. The molecule has 0 bridgehead atoms. The van der Waals surface area contributed by atoms with E-state index in [2.05, 4.69) is 9.71 Å². The Morgan fingerprint density at radius 3 is 2.57 bits per heavy atom. The third-order valence-corrected chi connectivity index (χ3v) is 6.85. The molecule has 1 N–H and O–H groups in total. The minimum atomic E-state index is -3.71. The van der Waals surface area contributed by atoms with Gasteiger partial charge in [0.2, 0.25) is 0 Å². The molecule has 0 fully saturated rings. The average molecular weight is 442 g/mol. The summed E-state index contributed by atoms with van der Waals surface area (Å²) < 4.78 is 34.6. The first-order chi connectivity index (χ1) is 14.3. The summed E-state index contributed by atoms with van der Waals surface area (Å²) in [6.45, 7) is 3.65. The number of nitrogens with one attached hydrogen (secondary N) is 1. The number of thioether (sulfide) groups is 1. The van der Waals surface area contributed by atoms with Gasteiger partial charge in [-0.05, 0) is 38.1 Å². The van der Waals surface area contributed by atoms with Crippen LogP contribution in [0.3, 0.4) is 0 Å². The van der Waals surface area contributed by atoms with Crippen LogP contribution < -0.4 is 10.3 Å². The smallest absolute Gasteiger partial charge is 0.287 e. The van der Waals surface area contributed by atoms with Gasteiger partial charge in [0.1, 0.15) is 5.76 Å². The Morgan fingerprint density at radius 2 is 1.80 bits per heavy atom. The molecule has 9 heteroatoms. The number of aromatic nitrogens is 2. The molecule has 2 heterocycles. The van der Waals surface area contributed by atoms with E-state index in [1.54, 1.807) is 49.4 Å². The van der Waals surface area contributed by atoms with E-state index in [0.29, 0.717) is 28.5 Å². The summed E-state index contributed by atoms with van der Waals surface area (Å²) in [7, 11) is -3.71. The number of nitrogens with zero attached hydrogens (tertiary/aromatic N) is 2. The number of benzene rings is 2. The number of rotatable bonds is 6. The molecule has 2 aromatic carbocycles. The first kappa shape index (κ1) is 20.2. The van der Waals surface area contributed by atoms with E-state index < -0.39 is 10.0 Å². The van der Waals surface area contributed by atoms with Gasteiger partial charge in [-0.3, -0.25) is 9.52 Å². The van der Waals surface area contributed by atoms with Gasteiger partial charge in [-0.2, -0.15) is 0 Å². The van der Waals surface area contributed by atoms with Crippen molar-refractivity contribution in [1.29, 1.82) is 0 Å². The van der Waals surface area contributed by atoms with Gasteiger partial charge in [0.05, 0.1) is 16.3 Å². The molecule has 4 aromatic rings. The SMILES string of the molecule is Cc1ccc(S(=O)(=O)Nc2ccccc2SCc2cc(=O)n3oc(C)cc3n2)cc1. The van der Waals surface area contributed by atoms with Crippen molar-refractivity contribution < 1.29 is 12.9 Å². The van der Waals surface area contributed by atoms with Crippen LogP contribution in [0.15, 0.2) is 79.8 Å². The number of aryl methyl sites for hydroxylation is 2. The number of fused-ring (bicyclic) bond motifs is 1. The monoisotopic (exact) mass is 441 g/mol. The van der Waals surface area contributed by atoms with Crippen molar-refractivity contribution in [1.82, 2.24) is 9.56 Å². The molecule has 0 unspecified atom stereocenters. The maximum atomic E-state index is 12.7. The summed E-state index contributed by atoms with van der Waals surface area (Å²) >= 11 is 1.39. The van der Waals surface area contributed by atoms with Gasteiger partial charge in [-0.15, -0.1) is 16.3 Å². The van der Waals surface area contributed by atoms with E-state index in [-0.39, 0.29) is 10.5 Å². The zero-order chi connectivity index (χ0) is 21.3. The van der Waals surface area contributed by atoms with Crippen LogP contribution in [0.5, 0.6) is 0 Å². The second kappa shape index (κ2) is 8.00. The van der Waals surface area contributed by atoms with E-state index in [0.717, 1.165) is 15.0 Å². The molecule has 154 valence electrons. The highest BCUT2D eigenvalue weighted by molar-refractivity contribution is 7.98. The summed E-state index contributed by atoms with van der Waals surface area (Å²) in [5.74, 6) is 0.999. The van der Waals surface area contributed by atoms with E-state index in [1.165, 1.54) is 17.8 Å². The fourth-order valence-electron chi connectivity index (χ4n) is 2.90. The number of hydrogen-bond donors (Lipinski definition) is 1. The van der Waals surface area contributed by atoms with Gasteiger partial charge >= 0.3 is 0 Å². The molecule has 0 spiro atoms. The molecule has 0 aliphatic carbocycles. The third-order valence-electron chi connectivity index (χ3n) is 4.36. The van der Waals surface area contributed by atoms with Crippen LogP contribution in [0.4, 0.5) is 5.69 Å². The van der Waals surface area contributed by atoms with Gasteiger partial charge in [-0.25, -0.2) is 13.4 Å². The summed E-state index contributed by atoms with van der Waals surface area (Å²) in [6, 6.07) is 16.9. The van der Waals surface area contributed by atoms with Crippen molar-refractivity contribution in [3.05, 3.63) is 88.0 Å². The van der Waals surface area contributed by atoms with Crippen LogP contribution >= 0.6 is 11.8 Å². The molecule has 0 saturated carbocycles. The van der Waals surface area contributed by atoms with Crippen LogP contribution in [0, 0.1) is 13.8 Å². The Balaban J connectivity index is 1.56. The predicted molar refractivity (Wildman–Crippen MR) is 116 cm³/mol. The quantitative estimate of drug-likeness (QED) is 0.455. The highest BCUT2D eigenvalue weighted by Gasteiger charge is 2.16. The summed E-state index contributed by atoms with van der Waals surface area (Å²) in [5.41, 5.74) is 2.20. The fraction of sp³-hybridized carbons (Fsp3) is 0.143. The first-order valence-electron chi connectivity index (χ1n) is 9.13. The Hall–Kier alpha value is -3.04. The molecule has 0 atom stereocenters. The molecular weight excluding hydrogens is 422 g/mol. The lowest BCUT2D eigenvalue weighted by molar-refractivity contribution is 0.344. The summed E-state index contributed by atoms with van der Waals surface area (Å²) in [5, 5.41) is 0. The topological polar surface area (TPSA) is 93.7 Å². The normalized spacial score (nSPS) is 11.7. The number of sulfonamides is 1. The largest absolute Gasteiger partial charge is 0.375 e. The average Bonchev–Trinajstić information content (AvgIpc) is 3.08. The van der Waals surface area contributed by atoms with Gasteiger partial charge in [0.15, 0.2) is 5.65 Å². The Morgan fingerprint density at radius 1 is 1.07 bits per heavy atom. The van der Waals surface area contributed by atoms with Gasteiger partial charge in [0.25, 0.3) is 15.6 Å². The van der Waals surface area contributed by atoms with Crippen molar-refractivity contribution in [2.75, 3.05) is 4.72 Å².